The minimum atomic E-state index is -3.60. The predicted octanol–water partition coefficient (Wildman–Crippen LogP) is 1.89. The van der Waals surface area contributed by atoms with E-state index in [1.54, 1.807) is 12.3 Å². The van der Waals surface area contributed by atoms with Gasteiger partial charge in [0.1, 0.15) is 10.7 Å². The van der Waals surface area contributed by atoms with Gasteiger partial charge in [0, 0.05) is 29.8 Å². The lowest BCUT2D eigenvalue weighted by atomic mass is 10.3. The van der Waals surface area contributed by atoms with Gasteiger partial charge in [0.05, 0.1) is 0 Å². The van der Waals surface area contributed by atoms with Gasteiger partial charge in [-0.2, -0.15) is 0 Å². The van der Waals surface area contributed by atoms with Crippen molar-refractivity contribution in [3.8, 4) is 0 Å². The number of rotatable bonds is 8. The molecular weight excluding hydrogens is 356 g/mol. The number of aromatic nitrogens is 1. The van der Waals surface area contributed by atoms with Crippen LogP contribution in [0.1, 0.15) is 20.3 Å². The summed E-state index contributed by atoms with van der Waals surface area (Å²) in [6.45, 7) is 4.98. The Balaban J connectivity index is 2.98. The molecule has 0 aliphatic heterocycles. The molecule has 0 radical (unpaired) electrons. The zero-order valence-corrected chi connectivity index (χ0v) is 15.3. The van der Waals surface area contributed by atoms with Crippen LogP contribution in [0, 0.1) is 0 Å². The summed E-state index contributed by atoms with van der Waals surface area (Å²) in [4.78, 5) is 6.28. The van der Waals surface area contributed by atoms with E-state index in [9.17, 15) is 8.42 Å². The monoisotopic (exact) mass is 378 g/mol. The first-order valence-corrected chi connectivity index (χ1v) is 9.11. The molecule has 21 heavy (non-hydrogen) atoms. The van der Waals surface area contributed by atoms with Gasteiger partial charge >= 0.3 is 0 Å². The zero-order chi connectivity index (χ0) is 16.0. The summed E-state index contributed by atoms with van der Waals surface area (Å²) in [5.41, 5.74) is 0. The Kier molecular flexibility index (Phi) is 7.05. The molecule has 1 rings (SSSR count). The van der Waals surface area contributed by atoms with Gasteiger partial charge in [-0.05, 0) is 49.4 Å². The molecule has 1 atom stereocenters. The highest BCUT2D eigenvalue weighted by Crippen LogP contribution is 2.22. The van der Waals surface area contributed by atoms with Gasteiger partial charge in [-0.3, -0.25) is 0 Å². The Morgan fingerprint density at radius 2 is 2.10 bits per heavy atom. The van der Waals surface area contributed by atoms with E-state index in [-0.39, 0.29) is 10.9 Å². The first kappa shape index (κ1) is 18.3. The third-order valence-electron chi connectivity index (χ3n) is 3.10. The maximum Gasteiger partial charge on any atom is 0.244 e. The van der Waals surface area contributed by atoms with Crippen molar-refractivity contribution in [2.24, 2.45) is 0 Å². The summed E-state index contributed by atoms with van der Waals surface area (Å²) in [5, 5.41) is 3.05. The minimum absolute atomic E-state index is 0.104. The first-order valence-electron chi connectivity index (χ1n) is 6.83. The van der Waals surface area contributed by atoms with Gasteiger partial charge in [-0.15, -0.1) is 0 Å². The van der Waals surface area contributed by atoms with Gasteiger partial charge in [0.25, 0.3) is 0 Å². The van der Waals surface area contributed by atoms with Crippen LogP contribution in [0.2, 0.25) is 0 Å². The van der Waals surface area contributed by atoms with Crippen molar-refractivity contribution in [3.63, 3.8) is 0 Å². The molecule has 0 aliphatic rings. The van der Waals surface area contributed by atoms with Crippen LogP contribution in [-0.2, 0) is 10.0 Å². The number of nitrogens with zero attached hydrogens (tertiary/aromatic N) is 2. The summed E-state index contributed by atoms with van der Waals surface area (Å²) in [6, 6.07) is 1.67. The molecule has 0 aromatic carbocycles. The Labute approximate surface area is 135 Å². The molecule has 1 aromatic rings. The summed E-state index contributed by atoms with van der Waals surface area (Å²) in [5.74, 6) is 0.380. The van der Waals surface area contributed by atoms with Crippen LogP contribution in [0.4, 0.5) is 5.82 Å². The first-order chi connectivity index (χ1) is 9.77. The fraction of sp³-hybridized carbons (Fsp3) is 0.615. The molecule has 2 N–H and O–H groups in total. The largest absolute Gasteiger partial charge is 0.369 e. The smallest absolute Gasteiger partial charge is 0.244 e. The average Bonchev–Trinajstić information content (AvgIpc) is 2.43. The topological polar surface area (TPSA) is 74.3 Å². The molecule has 1 unspecified atom stereocenters. The zero-order valence-electron chi connectivity index (χ0n) is 12.9. The third kappa shape index (κ3) is 5.54. The number of halogens is 1. The summed E-state index contributed by atoms with van der Waals surface area (Å²) >= 11 is 3.27. The van der Waals surface area contributed by atoms with E-state index in [0.29, 0.717) is 23.4 Å². The van der Waals surface area contributed by atoms with Gasteiger partial charge in [0.15, 0.2) is 0 Å². The van der Waals surface area contributed by atoms with E-state index in [1.807, 2.05) is 32.8 Å². The highest BCUT2D eigenvalue weighted by molar-refractivity contribution is 9.10. The SMILES string of the molecule is CCCNc1ncc(Br)cc1S(=O)(=O)NCC(C)N(C)C. The van der Waals surface area contributed by atoms with Crippen LogP contribution >= 0.6 is 15.9 Å². The van der Waals surface area contributed by atoms with E-state index in [0.717, 1.165) is 6.42 Å². The highest BCUT2D eigenvalue weighted by Gasteiger charge is 2.21. The molecule has 0 spiro atoms. The molecule has 1 heterocycles. The predicted molar refractivity (Wildman–Crippen MR) is 89.1 cm³/mol. The second kappa shape index (κ2) is 8.07. The number of hydrogen-bond donors (Lipinski definition) is 2. The number of likely N-dealkylation sites (N-methyl/N-ethyl adjacent to an activating group) is 1. The maximum absolute atomic E-state index is 12.5. The van der Waals surface area contributed by atoms with Crippen molar-refractivity contribution < 1.29 is 8.42 Å². The fourth-order valence-electron chi connectivity index (χ4n) is 1.49. The van der Waals surface area contributed by atoms with Crippen molar-refractivity contribution in [3.05, 3.63) is 16.7 Å². The van der Waals surface area contributed by atoms with E-state index in [4.69, 9.17) is 0 Å². The normalized spacial score (nSPS) is 13.4. The maximum atomic E-state index is 12.5. The van der Waals surface area contributed by atoms with Crippen molar-refractivity contribution in [2.45, 2.75) is 31.2 Å². The summed E-state index contributed by atoms with van der Waals surface area (Å²) in [6.07, 6.45) is 2.47. The molecule has 6 nitrogen and oxygen atoms in total. The minimum Gasteiger partial charge on any atom is -0.369 e. The third-order valence-corrected chi connectivity index (χ3v) is 4.97. The van der Waals surface area contributed by atoms with Crippen LogP contribution in [0.3, 0.4) is 0 Å². The number of sulfonamides is 1. The van der Waals surface area contributed by atoms with Crippen LogP contribution in [0.15, 0.2) is 21.6 Å². The lowest BCUT2D eigenvalue weighted by Crippen LogP contribution is -2.38. The lowest BCUT2D eigenvalue weighted by Gasteiger charge is -2.20. The van der Waals surface area contributed by atoms with Crippen molar-refractivity contribution in [1.29, 1.82) is 0 Å². The van der Waals surface area contributed by atoms with Crippen LogP contribution in [-0.4, -0.2) is 51.5 Å². The van der Waals surface area contributed by atoms with Crippen molar-refractivity contribution in [1.82, 2.24) is 14.6 Å². The molecule has 0 bridgehead atoms. The molecular formula is C13H23BrN4O2S. The van der Waals surface area contributed by atoms with Crippen molar-refractivity contribution >= 4 is 31.8 Å². The Morgan fingerprint density at radius 1 is 1.43 bits per heavy atom. The fourth-order valence-corrected chi connectivity index (χ4v) is 3.25. The van der Waals surface area contributed by atoms with Crippen LogP contribution in [0.25, 0.3) is 0 Å². The van der Waals surface area contributed by atoms with E-state index >= 15 is 0 Å². The Hall–Kier alpha value is -0.700. The number of pyridine rings is 1. The molecule has 0 amide bonds. The van der Waals surface area contributed by atoms with Gasteiger partial charge in [-0.1, -0.05) is 6.92 Å². The lowest BCUT2D eigenvalue weighted by molar-refractivity contribution is 0.314. The number of hydrogen-bond acceptors (Lipinski definition) is 5. The highest BCUT2D eigenvalue weighted by atomic mass is 79.9. The van der Waals surface area contributed by atoms with Gasteiger partial charge in [0.2, 0.25) is 10.0 Å². The molecule has 0 saturated heterocycles. The van der Waals surface area contributed by atoms with E-state index in [2.05, 4.69) is 31.0 Å². The van der Waals surface area contributed by atoms with E-state index in [1.165, 1.54) is 0 Å². The molecule has 120 valence electrons. The summed E-state index contributed by atoms with van der Waals surface area (Å²) in [7, 11) is 0.217. The van der Waals surface area contributed by atoms with Crippen LogP contribution in [0.5, 0.6) is 0 Å². The standard InChI is InChI=1S/C13H23BrN4O2S/c1-5-6-15-13-12(7-11(14)9-16-13)21(19,20)17-8-10(2)18(3)4/h7,9-10,17H,5-6,8H2,1-4H3,(H,15,16). The molecule has 0 fully saturated rings. The van der Waals surface area contributed by atoms with Gasteiger partial charge < -0.3 is 10.2 Å². The average molecular weight is 379 g/mol. The van der Waals surface area contributed by atoms with E-state index < -0.39 is 10.0 Å². The molecule has 0 aliphatic carbocycles. The summed E-state index contributed by atoms with van der Waals surface area (Å²) < 4.78 is 28.2. The van der Waals surface area contributed by atoms with Crippen molar-refractivity contribution in [2.75, 3.05) is 32.5 Å². The second-order valence-corrected chi connectivity index (χ2v) is 7.74. The van der Waals surface area contributed by atoms with Gasteiger partial charge in [-0.25, -0.2) is 18.1 Å². The molecule has 1 aromatic heterocycles. The molecule has 0 saturated carbocycles. The number of nitrogens with one attached hydrogen (secondary N) is 2. The molecule has 8 heteroatoms. The van der Waals surface area contributed by atoms with Crippen LogP contribution < -0.4 is 10.0 Å². The number of anilines is 1. The Morgan fingerprint density at radius 3 is 2.67 bits per heavy atom. The quantitative estimate of drug-likeness (QED) is 0.722. The Bertz CT molecular complexity index is 563. The second-order valence-electron chi connectivity index (χ2n) is 5.09.